The van der Waals surface area contributed by atoms with E-state index < -0.39 is 0 Å². The van der Waals surface area contributed by atoms with Crippen molar-refractivity contribution in [2.75, 3.05) is 32.7 Å². The van der Waals surface area contributed by atoms with Gasteiger partial charge in [-0.25, -0.2) is 0 Å². The molecule has 0 amide bonds. The molecule has 2 fully saturated rings. The maximum Gasteiger partial charge on any atom is 0.0583 e. The molecule has 2 aliphatic rings. The third-order valence-corrected chi connectivity index (χ3v) is 5.33. The fourth-order valence-corrected chi connectivity index (χ4v) is 3.86. The van der Waals surface area contributed by atoms with Crippen LogP contribution in [-0.4, -0.2) is 48.8 Å². The number of fused-ring (bicyclic) bond motifs is 1. The molecule has 0 bridgehead atoms. The molecule has 0 aromatic carbocycles. The number of aliphatic hydroxyl groups is 1. The average Bonchev–Trinajstić information content (AvgIpc) is 2.92. The number of hydrogen-bond acceptors (Lipinski definition) is 3. The van der Waals surface area contributed by atoms with Gasteiger partial charge in [0, 0.05) is 32.1 Å². The lowest BCUT2D eigenvalue weighted by Gasteiger charge is -2.34. The molecule has 3 nitrogen and oxygen atoms in total. The molecule has 4 unspecified atom stereocenters. The van der Waals surface area contributed by atoms with Gasteiger partial charge in [0.1, 0.15) is 0 Å². The van der Waals surface area contributed by atoms with Gasteiger partial charge in [0.25, 0.3) is 0 Å². The fraction of sp³-hybridized carbons (Fsp3) is 1.00. The summed E-state index contributed by atoms with van der Waals surface area (Å²) < 4.78 is 0. The highest BCUT2D eigenvalue weighted by Crippen LogP contribution is 2.39. The minimum Gasteiger partial charge on any atom is -0.393 e. The molecule has 3 heteroatoms. The van der Waals surface area contributed by atoms with Gasteiger partial charge in [-0.05, 0) is 43.6 Å². The molecule has 1 heterocycles. The molecular formula is C16H32N2O. The van der Waals surface area contributed by atoms with Gasteiger partial charge in [0.15, 0.2) is 0 Å². The number of nitrogens with zero attached hydrogens (tertiary/aromatic N) is 1. The van der Waals surface area contributed by atoms with Gasteiger partial charge in [-0.3, -0.25) is 0 Å². The van der Waals surface area contributed by atoms with Crippen molar-refractivity contribution in [1.82, 2.24) is 10.2 Å². The summed E-state index contributed by atoms with van der Waals surface area (Å²) in [5.74, 6) is 1.32. The van der Waals surface area contributed by atoms with Crippen LogP contribution in [0.15, 0.2) is 0 Å². The molecule has 2 N–H and O–H groups in total. The average molecular weight is 268 g/mol. The zero-order valence-electron chi connectivity index (χ0n) is 13.0. The van der Waals surface area contributed by atoms with Crippen LogP contribution in [0, 0.1) is 17.3 Å². The Hall–Kier alpha value is -0.120. The van der Waals surface area contributed by atoms with Crippen LogP contribution in [0.3, 0.4) is 0 Å². The van der Waals surface area contributed by atoms with E-state index in [1.54, 1.807) is 0 Å². The van der Waals surface area contributed by atoms with Crippen molar-refractivity contribution in [3.8, 4) is 0 Å². The summed E-state index contributed by atoms with van der Waals surface area (Å²) in [6.07, 6.45) is 4.67. The Kier molecular flexibility index (Phi) is 5.27. The second-order valence-corrected chi connectivity index (χ2v) is 7.10. The lowest BCUT2D eigenvalue weighted by molar-refractivity contribution is 0.114. The molecule has 4 atom stereocenters. The summed E-state index contributed by atoms with van der Waals surface area (Å²) in [6.45, 7) is 12.7. The number of aliphatic hydroxyl groups excluding tert-OH is 1. The van der Waals surface area contributed by atoms with E-state index in [2.05, 4.69) is 31.0 Å². The first-order valence-corrected chi connectivity index (χ1v) is 8.19. The van der Waals surface area contributed by atoms with Gasteiger partial charge in [-0.1, -0.05) is 20.8 Å². The van der Waals surface area contributed by atoms with Gasteiger partial charge < -0.3 is 15.3 Å². The van der Waals surface area contributed by atoms with E-state index in [1.807, 2.05) is 0 Å². The molecule has 1 saturated carbocycles. The van der Waals surface area contributed by atoms with Crippen LogP contribution < -0.4 is 5.32 Å². The maximum absolute atomic E-state index is 10.0. The number of likely N-dealkylation sites (tertiary alicyclic amines) is 1. The first kappa shape index (κ1) is 15.3. The van der Waals surface area contributed by atoms with E-state index in [1.165, 1.54) is 32.4 Å². The monoisotopic (exact) mass is 268 g/mol. The van der Waals surface area contributed by atoms with Crippen LogP contribution in [0.5, 0.6) is 0 Å². The second kappa shape index (κ2) is 6.55. The molecule has 0 spiro atoms. The summed E-state index contributed by atoms with van der Waals surface area (Å²) >= 11 is 0. The third kappa shape index (κ3) is 3.71. The lowest BCUT2D eigenvalue weighted by Crippen LogP contribution is -2.42. The van der Waals surface area contributed by atoms with Crippen molar-refractivity contribution in [2.24, 2.45) is 17.3 Å². The normalized spacial score (nSPS) is 34.4. The standard InChI is InChI=1S/C16H32N2O/c1-4-8-17-11-16(3,5-2)12-18-9-13-6-7-15(19)14(13)10-18/h13-15,17,19H,4-12H2,1-3H3. The quantitative estimate of drug-likeness (QED) is 0.694. The Morgan fingerprint density at radius 3 is 2.68 bits per heavy atom. The van der Waals surface area contributed by atoms with E-state index >= 15 is 0 Å². The molecule has 0 aromatic heterocycles. The van der Waals surface area contributed by atoms with E-state index in [-0.39, 0.29) is 6.10 Å². The second-order valence-electron chi connectivity index (χ2n) is 7.10. The minimum atomic E-state index is -0.0268. The summed E-state index contributed by atoms with van der Waals surface area (Å²) in [5, 5.41) is 13.6. The Morgan fingerprint density at radius 2 is 2.05 bits per heavy atom. The minimum absolute atomic E-state index is 0.0268. The zero-order valence-corrected chi connectivity index (χ0v) is 13.0. The van der Waals surface area contributed by atoms with Crippen molar-refractivity contribution in [3.63, 3.8) is 0 Å². The van der Waals surface area contributed by atoms with Crippen LogP contribution in [0.1, 0.15) is 46.5 Å². The van der Waals surface area contributed by atoms with E-state index in [0.717, 1.165) is 32.0 Å². The SMILES string of the molecule is CCCNCC(C)(CC)CN1CC2CCC(O)C2C1. The number of nitrogens with one attached hydrogen (secondary N) is 1. The zero-order chi connectivity index (χ0) is 13.9. The van der Waals surface area contributed by atoms with Gasteiger partial charge >= 0.3 is 0 Å². The molecule has 0 radical (unpaired) electrons. The predicted octanol–water partition coefficient (Wildman–Crippen LogP) is 2.11. The highest BCUT2D eigenvalue weighted by molar-refractivity contribution is 4.95. The molecule has 1 saturated heterocycles. The van der Waals surface area contributed by atoms with Gasteiger partial charge in [-0.15, -0.1) is 0 Å². The van der Waals surface area contributed by atoms with E-state index in [4.69, 9.17) is 0 Å². The van der Waals surface area contributed by atoms with Gasteiger partial charge in [0.05, 0.1) is 6.10 Å². The first-order chi connectivity index (χ1) is 9.08. The fourth-order valence-electron chi connectivity index (χ4n) is 3.86. The van der Waals surface area contributed by atoms with Crippen molar-refractivity contribution in [2.45, 2.75) is 52.6 Å². The third-order valence-electron chi connectivity index (χ3n) is 5.33. The summed E-state index contributed by atoms with van der Waals surface area (Å²) in [7, 11) is 0. The molecular weight excluding hydrogens is 236 g/mol. The Bertz CT molecular complexity index is 284. The van der Waals surface area contributed by atoms with Gasteiger partial charge in [-0.2, -0.15) is 0 Å². The van der Waals surface area contributed by atoms with Crippen LogP contribution in [0.4, 0.5) is 0 Å². The Morgan fingerprint density at radius 1 is 1.26 bits per heavy atom. The molecule has 1 aliphatic heterocycles. The largest absolute Gasteiger partial charge is 0.393 e. The van der Waals surface area contributed by atoms with E-state index in [9.17, 15) is 5.11 Å². The Labute approximate surface area is 118 Å². The molecule has 112 valence electrons. The number of hydrogen-bond donors (Lipinski definition) is 2. The number of rotatable bonds is 7. The highest BCUT2D eigenvalue weighted by atomic mass is 16.3. The molecule has 2 rings (SSSR count). The maximum atomic E-state index is 10.0. The summed E-state index contributed by atoms with van der Waals surface area (Å²) in [5.41, 5.74) is 0.374. The van der Waals surface area contributed by atoms with Crippen LogP contribution in [0.25, 0.3) is 0 Å². The molecule has 0 aromatic rings. The summed E-state index contributed by atoms with van der Waals surface area (Å²) in [4.78, 5) is 2.61. The Balaban J connectivity index is 1.82. The summed E-state index contributed by atoms with van der Waals surface area (Å²) in [6, 6.07) is 0. The van der Waals surface area contributed by atoms with E-state index in [0.29, 0.717) is 11.3 Å². The predicted molar refractivity (Wildman–Crippen MR) is 80.2 cm³/mol. The smallest absolute Gasteiger partial charge is 0.0583 e. The first-order valence-electron chi connectivity index (χ1n) is 8.19. The van der Waals surface area contributed by atoms with Crippen LogP contribution >= 0.6 is 0 Å². The topological polar surface area (TPSA) is 35.5 Å². The van der Waals surface area contributed by atoms with Crippen LogP contribution in [-0.2, 0) is 0 Å². The van der Waals surface area contributed by atoms with Crippen molar-refractivity contribution in [3.05, 3.63) is 0 Å². The van der Waals surface area contributed by atoms with Crippen LogP contribution in [0.2, 0.25) is 0 Å². The van der Waals surface area contributed by atoms with Gasteiger partial charge in [0.2, 0.25) is 0 Å². The molecule has 19 heavy (non-hydrogen) atoms. The van der Waals surface area contributed by atoms with Crippen molar-refractivity contribution >= 4 is 0 Å². The van der Waals surface area contributed by atoms with Crippen molar-refractivity contribution in [1.29, 1.82) is 0 Å². The molecule has 1 aliphatic carbocycles. The van der Waals surface area contributed by atoms with Crippen molar-refractivity contribution < 1.29 is 5.11 Å². The highest BCUT2D eigenvalue weighted by Gasteiger charge is 2.42. The lowest BCUT2D eigenvalue weighted by atomic mass is 9.86.